The monoisotopic (exact) mass is 151 g/mol. The van der Waals surface area contributed by atoms with Gasteiger partial charge in [0.25, 0.3) is 0 Å². The summed E-state index contributed by atoms with van der Waals surface area (Å²) in [5.74, 6) is 0. The first-order valence-corrected chi connectivity index (χ1v) is 3.07. The lowest BCUT2D eigenvalue weighted by Crippen LogP contribution is -2.05. The van der Waals surface area contributed by atoms with Gasteiger partial charge in [0.15, 0.2) is 0 Å². The number of unbranched alkanes of at least 4 members (excludes halogenated alkanes) is 1. The van der Waals surface area contributed by atoms with Crippen LogP contribution in [0, 0.1) is 6.92 Å². The minimum absolute atomic E-state index is 0.162. The first kappa shape index (κ1) is 9.53. The maximum Gasteiger partial charge on any atom is 0.389 e. The van der Waals surface area contributed by atoms with Crippen LogP contribution in [0.3, 0.4) is 0 Å². The number of rotatable bonds is 3. The van der Waals surface area contributed by atoms with Gasteiger partial charge < -0.3 is 0 Å². The number of allylic oxidation sites excluding steroid dienone is 2. The van der Waals surface area contributed by atoms with Gasteiger partial charge >= 0.3 is 6.18 Å². The Labute approximate surface area is 58.7 Å². The van der Waals surface area contributed by atoms with E-state index in [1.807, 2.05) is 0 Å². The van der Waals surface area contributed by atoms with Crippen molar-refractivity contribution >= 4 is 0 Å². The average molecular weight is 151 g/mol. The quantitative estimate of drug-likeness (QED) is 0.543. The van der Waals surface area contributed by atoms with Crippen LogP contribution in [0.5, 0.6) is 0 Å². The Morgan fingerprint density at radius 3 is 2.30 bits per heavy atom. The van der Waals surface area contributed by atoms with E-state index < -0.39 is 12.6 Å². The van der Waals surface area contributed by atoms with Crippen molar-refractivity contribution in [2.45, 2.75) is 25.4 Å². The molecule has 0 fully saturated rings. The molecule has 0 aromatic rings. The second kappa shape index (κ2) is 4.36. The summed E-state index contributed by atoms with van der Waals surface area (Å²) in [6.07, 6.45) is -0.938. The van der Waals surface area contributed by atoms with E-state index in [0.717, 1.165) is 0 Å². The lowest BCUT2D eigenvalue weighted by atomic mass is 10.2. The molecule has 0 aromatic heterocycles. The highest BCUT2D eigenvalue weighted by Crippen LogP contribution is 2.22. The van der Waals surface area contributed by atoms with Gasteiger partial charge in [0, 0.05) is 6.42 Å². The van der Waals surface area contributed by atoms with Crippen molar-refractivity contribution in [1.29, 1.82) is 0 Å². The van der Waals surface area contributed by atoms with Crippen LogP contribution in [-0.4, -0.2) is 6.18 Å². The molecule has 3 heteroatoms. The topological polar surface area (TPSA) is 0 Å². The highest BCUT2D eigenvalue weighted by atomic mass is 19.4. The zero-order chi connectivity index (χ0) is 8.04. The first-order chi connectivity index (χ1) is 4.56. The third kappa shape index (κ3) is 7.53. The summed E-state index contributed by atoms with van der Waals surface area (Å²) >= 11 is 0. The lowest BCUT2D eigenvalue weighted by Gasteiger charge is -2.02. The van der Waals surface area contributed by atoms with Crippen molar-refractivity contribution in [3.05, 3.63) is 19.1 Å². The van der Waals surface area contributed by atoms with Gasteiger partial charge in [0.1, 0.15) is 0 Å². The summed E-state index contributed by atoms with van der Waals surface area (Å²) in [6, 6.07) is 0. The fourth-order valence-corrected chi connectivity index (χ4v) is 0.538. The van der Waals surface area contributed by atoms with E-state index in [2.05, 4.69) is 6.92 Å². The third-order valence-electron chi connectivity index (χ3n) is 0.998. The molecule has 0 saturated carbocycles. The maximum atomic E-state index is 11.4. The molecule has 10 heavy (non-hydrogen) atoms. The van der Waals surface area contributed by atoms with Crippen LogP contribution in [-0.2, 0) is 0 Å². The summed E-state index contributed by atoms with van der Waals surface area (Å²) in [5.41, 5.74) is 0. The van der Waals surface area contributed by atoms with Crippen LogP contribution in [0.15, 0.2) is 12.2 Å². The molecule has 0 heterocycles. The molecule has 0 aliphatic rings. The largest absolute Gasteiger partial charge is 0.389 e. The Hall–Kier alpha value is -0.470. The van der Waals surface area contributed by atoms with Crippen molar-refractivity contribution in [2.75, 3.05) is 0 Å². The zero-order valence-corrected chi connectivity index (χ0v) is 5.62. The molecule has 0 nitrogen and oxygen atoms in total. The van der Waals surface area contributed by atoms with Gasteiger partial charge in [-0.05, 0) is 19.8 Å². The van der Waals surface area contributed by atoms with E-state index in [4.69, 9.17) is 0 Å². The van der Waals surface area contributed by atoms with Crippen LogP contribution in [0.2, 0.25) is 0 Å². The number of hydrogen-bond donors (Lipinski definition) is 0. The molecular weight excluding hydrogens is 141 g/mol. The minimum Gasteiger partial charge on any atom is -0.171 e. The van der Waals surface area contributed by atoms with Gasteiger partial charge in [-0.15, -0.1) is 0 Å². The van der Waals surface area contributed by atoms with Crippen LogP contribution in [0.25, 0.3) is 0 Å². The highest BCUT2D eigenvalue weighted by molar-refractivity contribution is 4.83. The second-order valence-electron chi connectivity index (χ2n) is 1.98. The van der Waals surface area contributed by atoms with Gasteiger partial charge in [-0.25, -0.2) is 0 Å². The van der Waals surface area contributed by atoms with Crippen molar-refractivity contribution in [3.63, 3.8) is 0 Å². The van der Waals surface area contributed by atoms with Crippen LogP contribution in [0.1, 0.15) is 19.3 Å². The Balaban J connectivity index is 3.20. The fraction of sp³-hybridized carbons (Fsp3) is 0.571. The van der Waals surface area contributed by atoms with E-state index >= 15 is 0 Å². The van der Waals surface area contributed by atoms with Gasteiger partial charge in [-0.3, -0.25) is 0 Å². The Bertz CT molecular complexity index is 102. The van der Waals surface area contributed by atoms with Gasteiger partial charge in [0.2, 0.25) is 0 Å². The summed E-state index contributed by atoms with van der Waals surface area (Å²) in [6.45, 7) is 3.36. The van der Waals surface area contributed by atoms with Crippen molar-refractivity contribution in [3.8, 4) is 0 Å². The Kier molecular flexibility index (Phi) is 4.16. The predicted molar refractivity (Wildman–Crippen MR) is 34.4 cm³/mol. The zero-order valence-electron chi connectivity index (χ0n) is 5.62. The van der Waals surface area contributed by atoms with Gasteiger partial charge in [-0.2, -0.15) is 13.2 Å². The maximum absolute atomic E-state index is 11.4. The molecule has 0 atom stereocenters. The Morgan fingerprint density at radius 2 is 1.90 bits per heavy atom. The molecule has 0 aliphatic heterocycles. The molecule has 0 aliphatic carbocycles. The molecule has 0 unspecified atom stereocenters. The Morgan fingerprint density at radius 1 is 1.30 bits per heavy atom. The fourth-order valence-electron chi connectivity index (χ4n) is 0.538. The molecule has 59 valence electrons. The first-order valence-electron chi connectivity index (χ1n) is 3.07. The molecule has 0 amide bonds. The third-order valence-corrected chi connectivity index (χ3v) is 0.998. The molecule has 0 rings (SSSR count). The van der Waals surface area contributed by atoms with E-state index in [0.29, 0.717) is 6.42 Å². The van der Waals surface area contributed by atoms with Crippen LogP contribution < -0.4 is 0 Å². The summed E-state index contributed by atoms with van der Waals surface area (Å²) in [5, 5.41) is 0. The molecule has 0 bridgehead atoms. The molecule has 0 spiro atoms. The molecule has 0 saturated heterocycles. The number of alkyl halides is 3. The SMILES string of the molecule is [CH2]C=CCCCC(F)(F)F. The van der Waals surface area contributed by atoms with E-state index in [1.165, 1.54) is 6.08 Å². The van der Waals surface area contributed by atoms with Gasteiger partial charge in [-0.1, -0.05) is 12.2 Å². The van der Waals surface area contributed by atoms with Crippen LogP contribution >= 0.6 is 0 Å². The number of halogens is 3. The average Bonchev–Trinajstić information content (AvgIpc) is 1.78. The van der Waals surface area contributed by atoms with E-state index in [9.17, 15) is 13.2 Å². The lowest BCUT2D eigenvalue weighted by molar-refractivity contribution is -0.135. The van der Waals surface area contributed by atoms with Crippen LogP contribution in [0.4, 0.5) is 13.2 Å². The van der Waals surface area contributed by atoms with Crippen molar-refractivity contribution in [1.82, 2.24) is 0 Å². The van der Waals surface area contributed by atoms with E-state index in [1.54, 1.807) is 6.08 Å². The number of hydrogen-bond acceptors (Lipinski definition) is 0. The molecule has 0 N–H and O–H groups in total. The smallest absolute Gasteiger partial charge is 0.171 e. The summed E-state index contributed by atoms with van der Waals surface area (Å²) in [7, 11) is 0. The van der Waals surface area contributed by atoms with E-state index in [-0.39, 0.29) is 6.42 Å². The van der Waals surface area contributed by atoms with Crippen molar-refractivity contribution in [2.24, 2.45) is 0 Å². The minimum atomic E-state index is -4.00. The summed E-state index contributed by atoms with van der Waals surface area (Å²) in [4.78, 5) is 0. The molecule has 0 aromatic carbocycles. The van der Waals surface area contributed by atoms with Gasteiger partial charge in [0.05, 0.1) is 0 Å². The second-order valence-corrected chi connectivity index (χ2v) is 1.98. The predicted octanol–water partition coefficient (Wildman–Crippen LogP) is 3.11. The normalized spacial score (nSPS) is 12.8. The van der Waals surface area contributed by atoms with Crippen molar-refractivity contribution < 1.29 is 13.2 Å². The molecule has 1 radical (unpaired) electrons. The highest BCUT2D eigenvalue weighted by Gasteiger charge is 2.25. The molecular formula is C7H10F3. The summed E-state index contributed by atoms with van der Waals surface area (Å²) < 4.78 is 34.3. The standard InChI is InChI=1S/C7H10F3/c1-2-3-4-5-6-7(8,9)10/h2-3H,1,4-6H2.